The van der Waals surface area contributed by atoms with Gasteiger partial charge in [0, 0.05) is 0 Å². The minimum Gasteiger partial charge on any atom is -0.0805 e. The minimum atomic E-state index is 0.740. The molecule has 0 radical (unpaired) electrons. The largest absolute Gasteiger partial charge is 0.0805 e. The monoisotopic (exact) mass is 196 g/mol. The summed E-state index contributed by atoms with van der Waals surface area (Å²) in [6.07, 6.45) is 11.6. The van der Waals surface area contributed by atoms with Gasteiger partial charge in [0.1, 0.15) is 0 Å². The van der Waals surface area contributed by atoms with Crippen molar-refractivity contribution >= 4 is 0 Å². The minimum absolute atomic E-state index is 0.740. The van der Waals surface area contributed by atoms with Crippen molar-refractivity contribution in [2.45, 2.75) is 19.8 Å². The summed E-state index contributed by atoms with van der Waals surface area (Å²) in [6, 6.07) is 6.91. The van der Waals surface area contributed by atoms with E-state index >= 15 is 0 Å². The highest BCUT2D eigenvalue weighted by atomic mass is 14.3. The summed E-state index contributed by atoms with van der Waals surface area (Å²) in [7, 11) is 0. The van der Waals surface area contributed by atoms with Crippen LogP contribution in [0.3, 0.4) is 0 Å². The second-order valence-corrected chi connectivity index (χ2v) is 4.78. The number of rotatable bonds is 0. The number of hydrogen-bond acceptors (Lipinski definition) is 0. The maximum atomic E-state index is 2.37. The number of aryl methyl sites for hydroxylation is 1. The van der Waals surface area contributed by atoms with Gasteiger partial charge in [0.25, 0.3) is 0 Å². The van der Waals surface area contributed by atoms with E-state index in [-0.39, 0.29) is 0 Å². The van der Waals surface area contributed by atoms with Crippen molar-refractivity contribution in [2.75, 3.05) is 0 Å². The Morgan fingerprint density at radius 1 is 0.933 bits per heavy atom. The normalized spacial score (nSPS) is 27.3. The van der Waals surface area contributed by atoms with E-state index < -0.39 is 0 Å². The summed E-state index contributed by atoms with van der Waals surface area (Å²) in [5.74, 6) is 1.48. The molecule has 0 heterocycles. The fourth-order valence-electron chi connectivity index (χ4n) is 2.79. The van der Waals surface area contributed by atoms with E-state index in [0.717, 1.165) is 11.8 Å². The molecule has 3 rings (SSSR count). The third-order valence-electron chi connectivity index (χ3n) is 3.65. The van der Waals surface area contributed by atoms with Crippen LogP contribution in [0.5, 0.6) is 0 Å². The van der Waals surface area contributed by atoms with E-state index in [1.54, 1.807) is 11.1 Å². The maximum absolute atomic E-state index is 2.37. The summed E-state index contributed by atoms with van der Waals surface area (Å²) in [4.78, 5) is 0. The van der Waals surface area contributed by atoms with Crippen molar-refractivity contribution < 1.29 is 0 Å². The first-order chi connectivity index (χ1) is 7.33. The Morgan fingerprint density at radius 2 is 1.60 bits per heavy atom. The van der Waals surface area contributed by atoms with Crippen LogP contribution in [0.25, 0.3) is 0 Å². The van der Waals surface area contributed by atoms with Gasteiger partial charge in [-0.25, -0.2) is 0 Å². The summed E-state index contributed by atoms with van der Waals surface area (Å²) in [5, 5.41) is 0. The van der Waals surface area contributed by atoms with E-state index in [1.165, 1.54) is 18.4 Å². The molecular weight excluding hydrogens is 180 g/mol. The maximum Gasteiger partial charge on any atom is -0.0124 e. The molecular formula is C15H16. The van der Waals surface area contributed by atoms with Crippen LogP contribution in [0.1, 0.15) is 16.7 Å². The van der Waals surface area contributed by atoms with Gasteiger partial charge in [-0.1, -0.05) is 48.1 Å². The number of fused-ring (bicyclic) bond motifs is 2. The molecule has 0 fully saturated rings. The molecule has 0 spiro atoms. The van der Waals surface area contributed by atoms with Gasteiger partial charge in [-0.05, 0) is 42.7 Å². The zero-order valence-corrected chi connectivity index (χ0v) is 9.11. The van der Waals surface area contributed by atoms with Gasteiger partial charge in [0.15, 0.2) is 0 Å². The highest BCUT2D eigenvalue weighted by Crippen LogP contribution is 2.34. The molecule has 2 aliphatic rings. The standard InChI is InChI=1S/C15H16/c1-11-6-7-14-9-12-4-2-3-5-13(12)10-15(14)8-11/h2-8,12-13H,9-10H2,1H3/t12-,13+/m1/s1. The molecule has 0 bridgehead atoms. The predicted molar refractivity (Wildman–Crippen MR) is 63.8 cm³/mol. The fraction of sp³-hybridized carbons (Fsp3) is 0.333. The lowest BCUT2D eigenvalue weighted by Crippen LogP contribution is -2.23. The van der Waals surface area contributed by atoms with Crippen molar-refractivity contribution in [3.63, 3.8) is 0 Å². The third kappa shape index (κ3) is 1.54. The molecule has 0 aromatic heterocycles. The Balaban J connectivity index is 2.00. The first-order valence-electron chi connectivity index (χ1n) is 5.76. The molecule has 0 saturated carbocycles. The van der Waals surface area contributed by atoms with Crippen LogP contribution in [0.2, 0.25) is 0 Å². The van der Waals surface area contributed by atoms with Crippen molar-refractivity contribution in [3.05, 3.63) is 59.2 Å². The summed E-state index contributed by atoms with van der Waals surface area (Å²) in [6.45, 7) is 2.18. The number of allylic oxidation sites excluding steroid dienone is 4. The zero-order valence-electron chi connectivity index (χ0n) is 9.11. The molecule has 0 N–H and O–H groups in total. The average molecular weight is 196 g/mol. The highest BCUT2D eigenvalue weighted by Gasteiger charge is 2.25. The zero-order chi connectivity index (χ0) is 10.3. The predicted octanol–water partition coefficient (Wildman–Crippen LogP) is 3.45. The highest BCUT2D eigenvalue weighted by molar-refractivity contribution is 5.37. The number of benzene rings is 1. The Labute approximate surface area is 91.3 Å². The van der Waals surface area contributed by atoms with Crippen LogP contribution in [0, 0.1) is 18.8 Å². The summed E-state index contributed by atoms with van der Waals surface area (Å²) in [5.41, 5.74) is 4.51. The van der Waals surface area contributed by atoms with Gasteiger partial charge < -0.3 is 0 Å². The van der Waals surface area contributed by atoms with Crippen LogP contribution in [0.4, 0.5) is 0 Å². The van der Waals surface area contributed by atoms with Gasteiger partial charge in [-0.2, -0.15) is 0 Å². The van der Waals surface area contributed by atoms with Gasteiger partial charge >= 0.3 is 0 Å². The Kier molecular flexibility index (Phi) is 2.02. The summed E-state index contributed by atoms with van der Waals surface area (Å²) < 4.78 is 0. The van der Waals surface area contributed by atoms with E-state index in [0.29, 0.717) is 0 Å². The van der Waals surface area contributed by atoms with Crippen LogP contribution < -0.4 is 0 Å². The quantitative estimate of drug-likeness (QED) is 0.596. The SMILES string of the molecule is Cc1ccc2c(c1)C[C@@H]1C=CC=C[C@@H]1C2. The van der Waals surface area contributed by atoms with Gasteiger partial charge in [-0.3, -0.25) is 0 Å². The molecule has 1 aromatic carbocycles. The lowest BCUT2D eigenvalue weighted by atomic mass is 9.74. The van der Waals surface area contributed by atoms with Crippen molar-refractivity contribution in [2.24, 2.45) is 11.8 Å². The molecule has 15 heavy (non-hydrogen) atoms. The molecule has 0 saturated heterocycles. The molecule has 0 heteroatoms. The molecule has 0 amide bonds. The smallest absolute Gasteiger partial charge is 0.0124 e. The molecule has 0 aliphatic heterocycles. The molecule has 1 aromatic rings. The van der Waals surface area contributed by atoms with Crippen molar-refractivity contribution in [3.8, 4) is 0 Å². The van der Waals surface area contributed by atoms with Crippen LogP contribution in [-0.2, 0) is 12.8 Å². The van der Waals surface area contributed by atoms with E-state index in [4.69, 9.17) is 0 Å². The van der Waals surface area contributed by atoms with Crippen molar-refractivity contribution in [1.29, 1.82) is 0 Å². The average Bonchev–Trinajstić information content (AvgIpc) is 2.26. The molecule has 2 atom stereocenters. The Hall–Kier alpha value is -1.30. The first kappa shape index (κ1) is 8.96. The first-order valence-corrected chi connectivity index (χ1v) is 5.76. The van der Waals surface area contributed by atoms with Crippen LogP contribution in [0.15, 0.2) is 42.5 Å². The molecule has 76 valence electrons. The van der Waals surface area contributed by atoms with Gasteiger partial charge in [0.05, 0.1) is 0 Å². The molecule has 0 nitrogen and oxygen atoms in total. The third-order valence-corrected chi connectivity index (χ3v) is 3.65. The lowest BCUT2D eigenvalue weighted by Gasteiger charge is -2.31. The molecule has 0 unspecified atom stereocenters. The summed E-state index contributed by atoms with van der Waals surface area (Å²) >= 11 is 0. The van der Waals surface area contributed by atoms with Crippen LogP contribution >= 0.6 is 0 Å². The fourth-order valence-corrected chi connectivity index (χ4v) is 2.79. The second-order valence-electron chi connectivity index (χ2n) is 4.78. The Morgan fingerprint density at radius 3 is 2.33 bits per heavy atom. The van der Waals surface area contributed by atoms with Crippen LogP contribution in [-0.4, -0.2) is 0 Å². The molecule has 2 aliphatic carbocycles. The van der Waals surface area contributed by atoms with E-state index in [2.05, 4.69) is 49.4 Å². The Bertz CT molecular complexity index is 437. The van der Waals surface area contributed by atoms with E-state index in [9.17, 15) is 0 Å². The number of hydrogen-bond donors (Lipinski definition) is 0. The van der Waals surface area contributed by atoms with Gasteiger partial charge in [-0.15, -0.1) is 0 Å². The lowest BCUT2D eigenvalue weighted by molar-refractivity contribution is 0.437. The van der Waals surface area contributed by atoms with Gasteiger partial charge in [0.2, 0.25) is 0 Å². The second kappa shape index (κ2) is 3.37. The van der Waals surface area contributed by atoms with E-state index in [1.807, 2.05) is 0 Å². The topological polar surface area (TPSA) is 0 Å². The van der Waals surface area contributed by atoms with Crippen molar-refractivity contribution in [1.82, 2.24) is 0 Å².